The molecule has 0 N–H and O–H groups in total. The van der Waals surface area contributed by atoms with Crippen molar-refractivity contribution in [2.45, 2.75) is 50.2 Å². The number of hydrogen-bond donors (Lipinski definition) is 0. The summed E-state index contributed by atoms with van der Waals surface area (Å²) < 4.78 is 36.3. The summed E-state index contributed by atoms with van der Waals surface area (Å²) in [7, 11) is -3.48. The summed E-state index contributed by atoms with van der Waals surface area (Å²) in [6, 6.07) is 6.47. The summed E-state index contributed by atoms with van der Waals surface area (Å²) in [6.07, 6.45) is 0.668. The average Bonchev–Trinajstić information content (AvgIpc) is 2.52. The number of ether oxygens (including phenoxy) is 2. The third-order valence-corrected chi connectivity index (χ3v) is 5.69. The first-order chi connectivity index (χ1) is 11.6. The summed E-state index contributed by atoms with van der Waals surface area (Å²) in [5.41, 5.74) is -0.525. The number of carbonyl (C=O) groups excluding carboxylic acids is 1. The predicted molar refractivity (Wildman–Crippen MR) is 98.1 cm³/mol. The van der Waals surface area contributed by atoms with Gasteiger partial charge in [-0.1, -0.05) is 15.9 Å². The van der Waals surface area contributed by atoms with Crippen LogP contribution in [0.1, 0.15) is 33.6 Å². The van der Waals surface area contributed by atoms with Gasteiger partial charge < -0.3 is 14.4 Å². The lowest BCUT2D eigenvalue weighted by molar-refractivity contribution is -0.00172. The lowest BCUT2D eigenvalue weighted by atomic mass is 10.1. The van der Waals surface area contributed by atoms with Crippen LogP contribution in [0.5, 0.6) is 0 Å². The Balaban J connectivity index is 1.82. The first kappa shape index (κ1) is 20.2. The van der Waals surface area contributed by atoms with Gasteiger partial charge >= 0.3 is 6.09 Å². The molecule has 0 saturated carbocycles. The van der Waals surface area contributed by atoms with Crippen LogP contribution in [0.25, 0.3) is 0 Å². The van der Waals surface area contributed by atoms with Crippen LogP contribution >= 0.6 is 15.9 Å². The SMILES string of the molecule is CC(C)(C)OC(=O)N1CCC(OCS(=O)(=O)c2ccc(Br)cc2)CC1. The Morgan fingerprint density at radius 2 is 1.76 bits per heavy atom. The van der Waals surface area contributed by atoms with E-state index in [-0.39, 0.29) is 23.0 Å². The van der Waals surface area contributed by atoms with Crippen LogP contribution < -0.4 is 0 Å². The van der Waals surface area contributed by atoms with Crippen LogP contribution in [0, 0.1) is 0 Å². The fraction of sp³-hybridized carbons (Fsp3) is 0.588. The molecule has 1 aliphatic heterocycles. The van der Waals surface area contributed by atoms with E-state index in [1.165, 1.54) is 0 Å². The normalized spacial score (nSPS) is 16.7. The molecule has 0 radical (unpaired) electrons. The molecule has 6 nitrogen and oxygen atoms in total. The summed E-state index contributed by atoms with van der Waals surface area (Å²) >= 11 is 3.28. The van der Waals surface area contributed by atoms with Crippen LogP contribution in [-0.4, -0.2) is 50.1 Å². The summed E-state index contributed by atoms with van der Waals surface area (Å²) in [5.74, 6) is -0.355. The van der Waals surface area contributed by atoms with Crippen molar-refractivity contribution in [3.8, 4) is 0 Å². The van der Waals surface area contributed by atoms with E-state index in [1.807, 2.05) is 20.8 Å². The molecule has 1 saturated heterocycles. The topological polar surface area (TPSA) is 72.9 Å². The maximum atomic E-state index is 12.3. The van der Waals surface area contributed by atoms with Gasteiger partial charge in [0.2, 0.25) is 9.84 Å². The van der Waals surface area contributed by atoms with Crippen LogP contribution in [-0.2, 0) is 19.3 Å². The molecule has 1 aliphatic rings. The zero-order valence-electron chi connectivity index (χ0n) is 14.7. The molecule has 8 heteroatoms. The number of hydrogen-bond acceptors (Lipinski definition) is 5. The highest BCUT2D eigenvalue weighted by atomic mass is 79.9. The molecule has 1 heterocycles. The monoisotopic (exact) mass is 433 g/mol. The zero-order valence-corrected chi connectivity index (χ0v) is 17.1. The van der Waals surface area contributed by atoms with Gasteiger partial charge in [-0.2, -0.15) is 0 Å². The van der Waals surface area contributed by atoms with Crippen molar-refractivity contribution in [1.82, 2.24) is 4.90 Å². The number of sulfone groups is 1. The van der Waals surface area contributed by atoms with E-state index in [1.54, 1.807) is 29.2 Å². The van der Waals surface area contributed by atoms with Crippen LogP contribution in [0.3, 0.4) is 0 Å². The van der Waals surface area contributed by atoms with Gasteiger partial charge in [0.05, 0.1) is 11.0 Å². The first-order valence-electron chi connectivity index (χ1n) is 8.15. The Kier molecular flexibility index (Phi) is 6.51. The molecule has 2 rings (SSSR count). The first-order valence-corrected chi connectivity index (χ1v) is 10.6. The molecule has 1 aromatic rings. The second-order valence-corrected chi connectivity index (χ2v) is 9.87. The Morgan fingerprint density at radius 3 is 2.28 bits per heavy atom. The minimum atomic E-state index is -3.48. The maximum absolute atomic E-state index is 12.3. The van der Waals surface area contributed by atoms with Gasteiger partial charge in [0.25, 0.3) is 0 Å². The van der Waals surface area contributed by atoms with Crippen molar-refractivity contribution in [3.05, 3.63) is 28.7 Å². The van der Waals surface area contributed by atoms with Gasteiger partial charge in [-0.15, -0.1) is 0 Å². The van der Waals surface area contributed by atoms with Crippen molar-refractivity contribution in [2.75, 3.05) is 19.0 Å². The van der Waals surface area contributed by atoms with Gasteiger partial charge in [0.1, 0.15) is 5.60 Å². The minimum absolute atomic E-state index is 0.177. The Morgan fingerprint density at radius 1 is 1.20 bits per heavy atom. The van der Waals surface area contributed by atoms with Crippen molar-refractivity contribution in [2.24, 2.45) is 0 Å². The molecule has 25 heavy (non-hydrogen) atoms. The minimum Gasteiger partial charge on any atom is -0.444 e. The van der Waals surface area contributed by atoms with Crippen LogP contribution in [0.4, 0.5) is 4.79 Å². The Bertz CT molecular complexity index is 689. The molecule has 1 amide bonds. The van der Waals surface area contributed by atoms with Gasteiger partial charge in [-0.25, -0.2) is 13.2 Å². The molecule has 1 aromatic carbocycles. The predicted octanol–water partition coefficient (Wildman–Crippen LogP) is 3.60. The molecule has 0 spiro atoms. The highest BCUT2D eigenvalue weighted by Gasteiger charge is 2.28. The van der Waals surface area contributed by atoms with Crippen molar-refractivity contribution in [3.63, 3.8) is 0 Å². The number of nitrogens with zero attached hydrogens (tertiary/aromatic N) is 1. The molecule has 0 bridgehead atoms. The van der Waals surface area contributed by atoms with Gasteiger partial charge in [-0.05, 0) is 57.9 Å². The number of carbonyl (C=O) groups is 1. The second-order valence-electron chi connectivity index (χ2n) is 7.02. The van der Waals surface area contributed by atoms with E-state index in [9.17, 15) is 13.2 Å². The summed E-state index contributed by atoms with van der Waals surface area (Å²) in [5, 5.41) is 0. The highest BCUT2D eigenvalue weighted by molar-refractivity contribution is 9.10. The maximum Gasteiger partial charge on any atom is 0.410 e. The van der Waals surface area contributed by atoms with Crippen molar-refractivity contribution < 1.29 is 22.7 Å². The van der Waals surface area contributed by atoms with Crippen molar-refractivity contribution >= 4 is 31.9 Å². The van der Waals surface area contributed by atoms with Gasteiger partial charge in [0.15, 0.2) is 5.94 Å². The molecule has 0 atom stereocenters. The van der Waals surface area contributed by atoms with Gasteiger partial charge in [0, 0.05) is 17.6 Å². The lowest BCUT2D eigenvalue weighted by Gasteiger charge is -2.33. The van der Waals surface area contributed by atoms with Crippen molar-refractivity contribution in [1.29, 1.82) is 0 Å². The highest BCUT2D eigenvalue weighted by Crippen LogP contribution is 2.20. The van der Waals surface area contributed by atoms with E-state index in [0.29, 0.717) is 25.9 Å². The summed E-state index contributed by atoms with van der Waals surface area (Å²) in [6.45, 7) is 6.48. The quantitative estimate of drug-likeness (QED) is 0.724. The number of likely N-dealkylation sites (tertiary alicyclic amines) is 1. The number of rotatable bonds is 4. The van der Waals surface area contributed by atoms with E-state index in [0.717, 1.165) is 4.47 Å². The fourth-order valence-electron chi connectivity index (χ4n) is 2.43. The number of benzene rings is 1. The lowest BCUT2D eigenvalue weighted by Crippen LogP contribution is -2.43. The standard InChI is InChI=1S/C17H24BrNO5S/c1-17(2,3)24-16(20)19-10-8-14(9-11-19)23-12-25(21,22)15-6-4-13(18)5-7-15/h4-7,14H,8-12H2,1-3H3. The molecule has 0 aliphatic carbocycles. The number of amides is 1. The fourth-order valence-corrected chi connectivity index (χ4v) is 3.75. The number of piperidine rings is 1. The third-order valence-electron chi connectivity index (χ3n) is 3.73. The Hall–Kier alpha value is -1.12. The number of halogens is 1. The molecular formula is C17H24BrNO5S. The molecule has 0 aromatic heterocycles. The molecule has 1 fully saturated rings. The molecular weight excluding hydrogens is 410 g/mol. The van der Waals surface area contributed by atoms with Crippen LogP contribution in [0.2, 0.25) is 0 Å². The van der Waals surface area contributed by atoms with E-state index < -0.39 is 15.4 Å². The van der Waals surface area contributed by atoms with Crippen LogP contribution in [0.15, 0.2) is 33.6 Å². The zero-order chi connectivity index (χ0) is 18.7. The van der Waals surface area contributed by atoms with E-state index in [4.69, 9.17) is 9.47 Å². The summed E-state index contributed by atoms with van der Waals surface area (Å²) in [4.78, 5) is 13.9. The second kappa shape index (κ2) is 8.05. The third kappa shape index (κ3) is 6.27. The van der Waals surface area contributed by atoms with E-state index in [2.05, 4.69) is 15.9 Å². The largest absolute Gasteiger partial charge is 0.444 e. The Labute approximate surface area is 157 Å². The smallest absolute Gasteiger partial charge is 0.410 e. The molecule has 0 unspecified atom stereocenters. The average molecular weight is 434 g/mol. The molecule has 140 valence electrons. The van der Waals surface area contributed by atoms with E-state index >= 15 is 0 Å². The van der Waals surface area contributed by atoms with Gasteiger partial charge in [-0.3, -0.25) is 0 Å².